The van der Waals surface area contributed by atoms with Gasteiger partial charge in [0.05, 0.1) is 11.7 Å². The number of carboxylic acids is 1. The largest absolute Gasteiger partial charge is 0.481 e. The molecule has 0 bridgehead atoms. The van der Waals surface area contributed by atoms with Crippen LogP contribution in [0.3, 0.4) is 0 Å². The van der Waals surface area contributed by atoms with Gasteiger partial charge in [-0.1, -0.05) is 6.92 Å². The van der Waals surface area contributed by atoms with Crippen LogP contribution in [0, 0.1) is 11.8 Å². The molecule has 2 amide bonds. The van der Waals surface area contributed by atoms with Gasteiger partial charge in [-0.25, -0.2) is 17.5 Å². The number of likely N-dealkylation sites (tertiary alicyclic amines) is 1. The summed E-state index contributed by atoms with van der Waals surface area (Å²) in [6, 6.07) is -0.422. The van der Waals surface area contributed by atoms with Gasteiger partial charge in [0.1, 0.15) is 0 Å². The molecular formula is C11H21N3O5S. The summed E-state index contributed by atoms with van der Waals surface area (Å²) in [7, 11) is -0.492. The van der Waals surface area contributed by atoms with Crippen molar-refractivity contribution in [3.8, 4) is 0 Å². The maximum Gasteiger partial charge on any atom is 0.317 e. The second-order valence-corrected chi connectivity index (χ2v) is 7.46. The fraction of sp³-hybridized carbons (Fsp3) is 0.818. The molecule has 8 nitrogen and oxygen atoms in total. The van der Waals surface area contributed by atoms with Crippen LogP contribution in [-0.4, -0.2) is 74.2 Å². The zero-order valence-corrected chi connectivity index (χ0v) is 12.7. The molecule has 20 heavy (non-hydrogen) atoms. The van der Waals surface area contributed by atoms with E-state index in [9.17, 15) is 18.0 Å². The number of hydrogen-bond donors (Lipinski definition) is 2. The number of urea groups is 1. The first kappa shape index (κ1) is 16.7. The van der Waals surface area contributed by atoms with E-state index < -0.39 is 27.9 Å². The minimum Gasteiger partial charge on any atom is -0.481 e. The summed E-state index contributed by atoms with van der Waals surface area (Å²) >= 11 is 0. The molecule has 1 aliphatic heterocycles. The first-order chi connectivity index (χ1) is 9.15. The van der Waals surface area contributed by atoms with Crippen molar-refractivity contribution in [2.45, 2.75) is 6.92 Å². The average molecular weight is 307 g/mol. The molecule has 0 aromatic rings. The van der Waals surface area contributed by atoms with Crippen molar-refractivity contribution in [1.29, 1.82) is 0 Å². The zero-order valence-electron chi connectivity index (χ0n) is 11.9. The van der Waals surface area contributed by atoms with Crippen molar-refractivity contribution < 1.29 is 23.1 Å². The minimum absolute atomic E-state index is 0.00195. The second kappa shape index (κ2) is 6.40. The molecule has 0 radical (unpaired) electrons. The molecule has 116 valence electrons. The highest BCUT2D eigenvalue weighted by molar-refractivity contribution is 7.89. The number of carbonyl (C=O) groups excluding carboxylic acids is 1. The molecule has 2 atom stereocenters. The van der Waals surface area contributed by atoms with E-state index in [0.29, 0.717) is 6.54 Å². The van der Waals surface area contributed by atoms with E-state index in [2.05, 4.69) is 5.32 Å². The van der Waals surface area contributed by atoms with Crippen LogP contribution in [0.1, 0.15) is 6.92 Å². The van der Waals surface area contributed by atoms with Crippen molar-refractivity contribution in [1.82, 2.24) is 14.5 Å². The lowest BCUT2D eigenvalue weighted by Crippen LogP contribution is -2.42. The fourth-order valence-corrected chi connectivity index (χ4v) is 2.76. The van der Waals surface area contributed by atoms with E-state index in [-0.39, 0.29) is 24.8 Å². The Bertz CT molecular complexity index is 476. The van der Waals surface area contributed by atoms with E-state index in [4.69, 9.17) is 5.11 Å². The van der Waals surface area contributed by atoms with Gasteiger partial charge in [-0.15, -0.1) is 0 Å². The normalized spacial score (nSPS) is 23.1. The Hall–Kier alpha value is -1.35. The van der Waals surface area contributed by atoms with Crippen LogP contribution in [0.5, 0.6) is 0 Å². The van der Waals surface area contributed by atoms with E-state index >= 15 is 0 Å². The summed E-state index contributed by atoms with van der Waals surface area (Å²) < 4.78 is 24.1. The van der Waals surface area contributed by atoms with E-state index in [1.54, 1.807) is 6.92 Å². The van der Waals surface area contributed by atoms with Gasteiger partial charge < -0.3 is 15.3 Å². The second-order valence-electron chi connectivity index (χ2n) is 5.16. The van der Waals surface area contributed by atoms with Gasteiger partial charge in [0.15, 0.2) is 0 Å². The Kier molecular flexibility index (Phi) is 5.35. The molecule has 1 fully saturated rings. The van der Waals surface area contributed by atoms with Crippen LogP contribution in [-0.2, 0) is 14.8 Å². The van der Waals surface area contributed by atoms with Crippen molar-refractivity contribution in [2.75, 3.05) is 39.5 Å². The van der Waals surface area contributed by atoms with Crippen molar-refractivity contribution >= 4 is 22.0 Å². The molecule has 0 aliphatic carbocycles. The van der Waals surface area contributed by atoms with Gasteiger partial charge in [0.2, 0.25) is 10.0 Å². The predicted molar refractivity (Wildman–Crippen MR) is 72.7 cm³/mol. The molecule has 0 aromatic carbocycles. The molecule has 2 unspecified atom stereocenters. The SMILES string of the molecule is CC1CN(C(=O)NCCS(=O)(=O)N(C)C)CC1C(=O)O. The van der Waals surface area contributed by atoms with Gasteiger partial charge in [0.25, 0.3) is 0 Å². The van der Waals surface area contributed by atoms with Gasteiger partial charge >= 0.3 is 12.0 Å². The van der Waals surface area contributed by atoms with Crippen LogP contribution in [0.2, 0.25) is 0 Å². The van der Waals surface area contributed by atoms with Gasteiger partial charge in [-0.05, 0) is 5.92 Å². The standard InChI is InChI=1S/C11H21N3O5S/c1-8-6-14(7-9(8)10(15)16)11(17)12-4-5-20(18,19)13(2)3/h8-9H,4-7H2,1-3H3,(H,12,17)(H,15,16). The lowest BCUT2D eigenvalue weighted by molar-refractivity contribution is -0.142. The summed E-state index contributed by atoms with van der Waals surface area (Å²) in [6.45, 7) is 2.30. The molecule has 0 saturated carbocycles. The van der Waals surface area contributed by atoms with E-state index in [1.165, 1.54) is 19.0 Å². The maximum absolute atomic E-state index is 11.8. The molecule has 1 rings (SSSR count). The van der Waals surface area contributed by atoms with Gasteiger partial charge in [0, 0.05) is 33.7 Å². The first-order valence-electron chi connectivity index (χ1n) is 6.31. The van der Waals surface area contributed by atoms with Crippen LogP contribution in [0.15, 0.2) is 0 Å². The van der Waals surface area contributed by atoms with Crippen molar-refractivity contribution in [3.63, 3.8) is 0 Å². The summed E-state index contributed by atoms with van der Waals surface area (Å²) in [5.41, 5.74) is 0. The number of aliphatic carboxylic acids is 1. The van der Waals surface area contributed by atoms with Crippen LogP contribution < -0.4 is 5.32 Å². The summed E-state index contributed by atoms with van der Waals surface area (Å²) in [5.74, 6) is -1.77. The summed E-state index contributed by atoms with van der Waals surface area (Å²) in [6.07, 6.45) is 0. The van der Waals surface area contributed by atoms with E-state index in [1.807, 2.05) is 0 Å². The third-order valence-electron chi connectivity index (χ3n) is 3.41. The van der Waals surface area contributed by atoms with Crippen LogP contribution >= 0.6 is 0 Å². The molecular weight excluding hydrogens is 286 g/mol. The molecule has 1 saturated heterocycles. The molecule has 1 aliphatic rings. The topological polar surface area (TPSA) is 107 Å². The van der Waals surface area contributed by atoms with Crippen LogP contribution in [0.25, 0.3) is 0 Å². The number of hydrogen-bond acceptors (Lipinski definition) is 4. The number of rotatable bonds is 5. The number of carbonyl (C=O) groups is 2. The van der Waals surface area contributed by atoms with Crippen molar-refractivity contribution in [3.05, 3.63) is 0 Å². The third-order valence-corrected chi connectivity index (χ3v) is 5.24. The highest BCUT2D eigenvalue weighted by Gasteiger charge is 2.36. The minimum atomic E-state index is -3.35. The molecule has 2 N–H and O–H groups in total. The Labute approximate surface area is 118 Å². The Balaban J connectivity index is 2.44. The quantitative estimate of drug-likeness (QED) is 0.694. The maximum atomic E-state index is 11.8. The predicted octanol–water partition coefficient (Wildman–Crippen LogP) is -0.760. The number of nitrogens with zero attached hydrogens (tertiary/aromatic N) is 2. The molecule has 0 aromatic heterocycles. The molecule has 0 spiro atoms. The lowest BCUT2D eigenvalue weighted by atomic mass is 9.99. The molecule has 1 heterocycles. The van der Waals surface area contributed by atoms with Crippen LogP contribution in [0.4, 0.5) is 4.79 Å². The summed E-state index contributed by atoms with van der Waals surface area (Å²) in [5, 5.41) is 11.5. The van der Waals surface area contributed by atoms with E-state index in [0.717, 1.165) is 4.31 Å². The monoisotopic (exact) mass is 307 g/mol. The highest BCUT2D eigenvalue weighted by Crippen LogP contribution is 2.22. The number of nitrogens with one attached hydrogen (secondary N) is 1. The average Bonchev–Trinajstić information content (AvgIpc) is 2.71. The number of amides is 2. The Morgan fingerprint density at radius 1 is 1.35 bits per heavy atom. The third kappa shape index (κ3) is 4.07. The lowest BCUT2D eigenvalue weighted by Gasteiger charge is -2.17. The van der Waals surface area contributed by atoms with Gasteiger partial charge in [-0.3, -0.25) is 4.79 Å². The number of carboxylic acid groups (broad SMARTS) is 1. The van der Waals surface area contributed by atoms with Crippen molar-refractivity contribution in [2.24, 2.45) is 11.8 Å². The Morgan fingerprint density at radius 2 is 1.95 bits per heavy atom. The number of sulfonamides is 1. The van der Waals surface area contributed by atoms with Gasteiger partial charge in [-0.2, -0.15) is 0 Å². The zero-order chi connectivity index (χ0) is 15.5. The molecule has 9 heteroatoms. The summed E-state index contributed by atoms with van der Waals surface area (Å²) in [4.78, 5) is 24.2. The highest BCUT2D eigenvalue weighted by atomic mass is 32.2. The fourth-order valence-electron chi connectivity index (χ4n) is 2.04. The smallest absolute Gasteiger partial charge is 0.317 e. The first-order valence-corrected chi connectivity index (χ1v) is 7.92. The Morgan fingerprint density at radius 3 is 2.40 bits per heavy atom.